The van der Waals surface area contributed by atoms with Crippen LogP contribution in [0.5, 0.6) is 0 Å². The summed E-state index contributed by atoms with van der Waals surface area (Å²) in [4.78, 5) is 0. The second-order valence-corrected chi connectivity index (χ2v) is 6.20. The Hall–Kier alpha value is -0.790. The molecule has 4 heteroatoms. The molecule has 1 N–H and O–H groups in total. The lowest BCUT2D eigenvalue weighted by molar-refractivity contribution is 1.00. The van der Waals surface area contributed by atoms with Crippen LogP contribution in [0, 0.1) is 11.3 Å². The molecule has 1 saturated heterocycles. The van der Waals surface area contributed by atoms with E-state index in [1.54, 1.807) is 0 Å². The number of hydrogen-bond acceptors (Lipinski definition) is 4. The molecule has 0 bridgehead atoms. The molecule has 1 aromatic rings. The summed E-state index contributed by atoms with van der Waals surface area (Å²) in [6.45, 7) is 0.993. The molecule has 2 rings (SSSR count). The molecule has 0 spiro atoms. The van der Waals surface area contributed by atoms with Crippen LogP contribution < -0.4 is 5.32 Å². The summed E-state index contributed by atoms with van der Waals surface area (Å²) in [6, 6.07) is 9.82. The predicted octanol–water partition coefficient (Wildman–Crippen LogP) is 2.82. The van der Waals surface area contributed by atoms with Crippen LogP contribution in [0.15, 0.2) is 24.3 Å². The topological polar surface area (TPSA) is 35.8 Å². The van der Waals surface area contributed by atoms with Crippen LogP contribution in [0.1, 0.15) is 5.56 Å². The van der Waals surface area contributed by atoms with Crippen LogP contribution in [-0.4, -0.2) is 29.1 Å². The standard InChI is InChI=1S/C12H14N2S2/c13-7-10-2-1-3-11(6-10)14-8-12-9-15-4-5-16-12/h1-3,6,12,14H,4-5,8-9H2. The number of anilines is 1. The van der Waals surface area contributed by atoms with E-state index in [2.05, 4.69) is 11.4 Å². The lowest BCUT2D eigenvalue weighted by Crippen LogP contribution is -2.23. The fraction of sp³-hybridized carbons (Fsp3) is 0.417. The van der Waals surface area contributed by atoms with Crippen molar-refractivity contribution in [3.8, 4) is 6.07 Å². The minimum Gasteiger partial charge on any atom is -0.384 e. The second kappa shape index (κ2) is 6.07. The van der Waals surface area contributed by atoms with Gasteiger partial charge >= 0.3 is 0 Å². The van der Waals surface area contributed by atoms with Gasteiger partial charge in [0.2, 0.25) is 0 Å². The van der Waals surface area contributed by atoms with Crippen LogP contribution in [0.4, 0.5) is 5.69 Å². The summed E-state index contributed by atoms with van der Waals surface area (Å²) in [5, 5.41) is 12.9. The number of hydrogen-bond donors (Lipinski definition) is 1. The van der Waals surface area contributed by atoms with Crippen molar-refractivity contribution < 1.29 is 0 Å². The third-order valence-electron chi connectivity index (χ3n) is 2.41. The summed E-state index contributed by atoms with van der Waals surface area (Å²) in [6.07, 6.45) is 0. The first kappa shape index (κ1) is 11.7. The van der Waals surface area contributed by atoms with Gasteiger partial charge in [-0.15, -0.1) is 0 Å². The summed E-state index contributed by atoms with van der Waals surface area (Å²) >= 11 is 4.08. The van der Waals surface area contributed by atoms with Gasteiger partial charge in [0.1, 0.15) is 0 Å². The van der Waals surface area contributed by atoms with E-state index in [0.717, 1.165) is 17.8 Å². The van der Waals surface area contributed by atoms with Gasteiger partial charge in [0.05, 0.1) is 11.6 Å². The van der Waals surface area contributed by atoms with Crippen molar-refractivity contribution in [2.75, 3.05) is 29.1 Å². The summed E-state index contributed by atoms with van der Waals surface area (Å²) < 4.78 is 0. The molecule has 84 valence electrons. The van der Waals surface area contributed by atoms with Crippen molar-refractivity contribution in [3.63, 3.8) is 0 Å². The van der Waals surface area contributed by atoms with Crippen molar-refractivity contribution in [2.45, 2.75) is 5.25 Å². The third kappa shape index (κ3) is 3.36. The Morgan fingerprint density at radius 1 is 1.44 bits per heavy atom. The van der Waals surface area contributed by atoms with Crippen LogP contribution in [0.2, 0.25) is 0 Å². The molecule has 1 unspecified atom stereocenters. The van der Waals surface area contributed by atoms with E-state index in [-0.39, 0.29) is 0 Å². The first-order valence-corrected chi connectivity index (χ1v) is 7.52. The molecular formula is C12H14N2S2. The van der Waals surface area contributed by atoms with Gasteiger partial charge in [0.25, 0.3) is 0 Å². The van der Waals surface area contributed by atoms with Crippen LogP contribution in [0.25, 0.3) is 0 Å². The van der Waals surface area contributed by atoms with E-state index in [1.807, 2.05) is 47.8 Å². The van der Waals surface area contributed by atoms with Gasteiger partial charge in [0.15, 0.2) is 0 Å². The second-order valence-electron chi connectivity index (χ2n) is 3.64. The van der Waals surface area contributed by atoms with Gasteiger partial charge in [-0.3, -0.25) is 0 Å². The lowest BCUT2D eigenvalue weighted by Gasteiger charge is -2.21. The molecule has 1 heterocycles. The Bertz CT molecular complexity index is 381. The Morgan fingerprint density at radius 3 is 3.12 bits per heavy atom. The molecular weight excluding hydrogens is 236 g/mol. The quantitative estimate of drug-likeness (QED) is 0.895. The van der Waals surface area contributed by atoms with Gasteiger partial charge in [-0.05, 0) is 18.2 Å². The largest absolute Gasteiger partial charge is 0.384 e. The molecule has 0 aromatic heterocycles. The fourth-order valence-electron chi connectivity index (χ4n) is 1.58. The smallest absolute Gasteiger partial charge is 0.0992 e. The lowest BCUT2D eigenvalue weighted by atomic mass is 10.2. The molecule has 0 aliphatic carbocycles. The maximum atomic E-state index is 8.79. The summed E-state index contributed by atoms with van der Waals surface area (Å²) in [5.74, 6) is 3.77. The first-order chi connectivity index (χ1) is 7.88. The van der Waals surface area contributed by atoms with E-state index in [4.69, 9.17) is 5.26 Å². The zero-order chi connectivity index (χ0) is 11.2. The molecule has 0 radical (unpaired) electrons. The van der Waals surface area contributed by atoms with E-state index in [1.165, 1.54) is 17.3 Å². The van der Waals surface area contributed by atoms with Crippen molar-refractivity contribution in [1.29, 1.82) is 5.26 Å². The predicted molar refractivity (Wildman–Crippen MR) is 73.2 cm³/mol. The zero-order valence-corrected chi connectivity index (χ0v) is 10.6. The molecule has 0 amide bonds. The van der Waals surface area contributed by atoms with Gasteiger partial charge in [-0.25, -0.2) is 0 Å². The average Bonchev–Trinajstić information content (AvgIpc) is 2.38. The molecule has 2 nitrogen and oxygen atoms in total. The number of rotatable bonds is 3. The molecule has 16 heavy (non-hydrogen) atoms. The Kier molecular flexibility index (Phi) is 4.44. The first-order valence-electron chi connectivity index (χ1n) is 5.32. The van der Waals surface area contributed by atoms with Crippen LogP contribution >= 0.6 is 23.5 Å². The van der Waals surface area contributed by atoms with Crippen molar-refractivity contribution in [3.05, 3.63) is 29.8 Å². The molecule has 1 aliphatic rings. The Balaban J connectivity index is 1.86. The van der Waals surface area contributed by atoms with Crippen LogP contribution in [0.3, 0.4) is 0 Å². The van der Waals surface area contributed by atoms with E-state index in [0.29, 0.717) is 5.25 Å². The number of nitrogens with zero attached hydrogens (tertiary/aromatic N) is 1. The molecule has 1 aromatic carbocycles. The van der Waals surface area contributed by atoms with Gasteiger partial charge in [0, 0.05) is 34.7 Å². The van der Waals surface area contributed by atoms with Gasteiger partial charge in [-0.1, -0.05) is 6.07 Å². The number of nitrogens with one attached hydrogen (secondary N) is 1. The van der Waals surface area contributed by atoms with Gasteiger partial charge < -0.3 is 5.32 Å². The van der Waals surface area contributed by atoms with Gasteiger partial charge in [-0.2, -0.15) is 28.8 Å². The van der Waals surface area contributed by atoms with E-state index in [9.17, 15) is 0 Å². The number of nitriles is 1. The summed E-state index contributed by atoms with van der Waals surface area (Å²) in [5.41, 5.74) is 1.77. The maximum Gasteiger partial charge on any atom is 0.0992 e. The average molecular weight is 250 g/mol. The highest BCUT2D eigenvalue weighted by Gasteiger charge is 2.13. The Labute approximate surface area is 105 Å². The maximum absolute atomic E-state index is 8.79. The van der Waals surface area contributed by atoms with Crippen molar-refractivity contribution >= 4 is 29.2 Å². The van der Waals surface area contributed by atoms with E-state index >= 15 is 0 Å². The highest BCUT2D eigenvalue weighted by atomic mass is 32.2. The SMILES string of the molecule is N#Cc1cccc(NCC2CSCCS2)c1. The minimum atomic E-state index is 0.699. The zero-order valence-electron chi connectivity index (χ0n) is 8.98. The van der Waals surface area contributed by atoms with E-state index < -0.39 is 0 Å². The molecule has 1 atom stereocenters. The normalized spacial score (nSPS) is 20.1. The van der Waals surface area contributed by atoms with Crippen molar-refractivity contribution in [2.24, 2.45) is 0 Å². The summed E-state index contributed by atoms with van der Waals surface area (Å²) in [7, 11) is 0. The third-order valence-corrected chi connectivity index (χ3v) is 5.26. The van der Waals surface area contributed by atoms with Crippen LogP contribution in [-0.2, 0) is 0 Å². The number of benzene rings is 1. The van der Waals surface area contributed by atoms with Crippen molar-refractivity contribution in [1.82, 2.24) is 0 Å². The number of thioether (sulfide) groups is 2. The Morgan fingerprint density at radius 2 is 2.38 bits per heavy atom. The molecule has 1 fully saturated rings. The monoisotopic (exact) mass is 250 g/mol. The molecule has 1 aliphatic heterocycles. The minimum absolute atomic E-state index is 0.699. The highest BCUT2D eigenvalue weighted by Crippen LogP contribution is 2.24. The molecule has 0 saturated carbocycles. The highest BCUT2D eigenvalue weighted by molar-refractivity contribution is 8.06. The fourth-order valence-corrected chi connectivity index (χ4v) is 4.20.